The molecule has 0 unspecified atom stereocenters. The highest BCUT2D eigenvalue weighted by atomic mass is 14.7. The van der Waals surface area contributed by atoms with Crippen molar-refractivity contribution in [2.45, 2.75) is 39.5 Å². The van der Waals surface area contributed by atoms with Gasteiger partial charge in [-0.15, -0.1) is 0 Å². The lowest BCUT2D eigenvalue weighted by atomic mass is 9.85. The van der Waals surface area contributed by atoms with Gasteiger partial charge < -0.3 is 5.73 Å². The predicted molar refractivity (Wildman–Crippen MR) is 74.2 cm³/mol. The number of aromatic nitrogens is 1. The van der Waals surface area contributed by atoms with E-state index in [0.29, 0.717) is 0 Å². The summed E-state index contributed by atoms with van der Waals surface area (Å²) in [6, 6.07) is 8.24. The highest BCUT2D eigenvalue weighted by Gasteiger charge is 2.18. The lowest BCUT2D eigenvalue weighted by Gasteiger charge is -2.21. The van der Waals surface area contributed by atoms with Crippen LogP contribution in [-0.4, -0.2) is 4.98 Å². The molecule has 2 N–H and O–H groups in total. The molecule has 0 spiro atoms. The van der Waals surface area contributed by atoms with Crippen LogP contribution < -0.4 is 5.73 Å². The van der Waals surface area contributed by atoms with E-state index in [2.05, 4.69) is 39.8 Å². The smallest absolute Gasteiger partial charge is 0.0763 e. The van der Waals surface area contributed by atoms with E-state index in [1.165, 1.54) is 5.56 Å². The van der Waals surface area contributed by atoms with Gasteiger partial charge in [-0.3, -0.25) is 4.98 Å². The molecular weight excluding hydrogens is 208 g/mol. The third-order valence-electron chi connectivity index (χ3n) is 3.09. The molecule has 0 aliphatic heterocycles. The van der Waals surface area contributed by atoms with Crippen molar-refractivity contribution in [3.8, 4) is 0 Å². The minimum absolute atomic E-state index is 0.0886. The minimum atomic E-state index is 0.0886. The Kier molecular flexibility index (Phi) is 2.82. The van der Waals surface area contributed by atoms with E-state index in [1.807, 2.05) is 12.1 Å². The first-order chi connectivity index (χ1) is 7.93. The van der Waals surface area contributed by atoms with E-state index in [9.17, 15) is 0 Å². The fourth-order valence-corrected chi connectivity index (χ4v) is 2.12. The van der Waals surface area contributed by atoms with Gasteiger partial charge in [0.25, 0.3) is 0 Å². The molecule has 0 radical (unpaired) electrons. The number of hydrogen-bond donors (Lipinski definition) is 1. The highest BCUT2D eigenvalue weighted by molar-refractivity contribution is 5.92. The zero-order valence-electron chi connectivity index (χ0n) is 11.0. The van der Waals surface area contributed by atoms with E-state index >= 15 is 0 Å². The Hall–Kier alpha value is -1.57. The molecule has 0 amide bonds. The molecule has 0 fully saturated rings. The monoisotopic (exact) mass is 228 g/mol. The molecule has 2 aromatic rings. The number of hydrogen-bond acceptors (Lipinski definition) is 2. The summed E-state index contributed by atoms with van der Waals surface area (Å²) in [5.41, 5.74) is 10.4. The average Bonchev–Trinajstić information content (AvgIpc) is 2.26. The third kappa shape index (κ3) is 2.12. The molecule has 2 rings (SSSR count). The average molecular weight is 228 g/mol. The van der Waals surface area contributed by atoms with Gasteiger partial charge in [-0.25, -0.2) is 0 Å². The number of nitrogen functional groups attached to an aromatic ring is 1. The van der Waals surface area contributed by atoms with Crippen LogP contribution in [0.3, 0.4) is 0 Å². The second-order valence-corrected chi connectivity index (χ2v) is 5.51. The van der Waals surface area contributed by atoms with Crippen LogP contribution in [0.4, 0.5) is 5.69 Å². The molecule has 0 bridgehead atoms. The lowest BCUT2D eigenvalue weighted by Crippen LogP contribution is -2.12. The second kappa shape index (κ2) is 4.02. The van der Waals surface area contributed by atoms with Crippen LogP contribution in [0.15, 0.2) is 24.3 Å². The van der Waals surface area contributed by atoms with Crippen LogP contribution in [0.1, 0.15) is 39.0 Å². The van der Waals surface area contributed by atoms with Crippen molar-refractivity contribution in [2.24, 2.45) is 0 Å². The van der Waals surface area contributed by atoms with Gasteiger partial charge in [-0.2, -0.15) is 0 Å². The van der Waals surface area contributed by atoms with Crippen LogP contribution in [-0.2, 0) is 11.8 Å². The van der Waals surface area contributed by atoms with Crippen LogP contribution in [0.5, 0.6) is 0 Å². The molecule has 1 heterocycles. The van der Waals surface area contributed by atoms with E-state index in [4.69, 9.17) is 10.7 Å². The summed E-state index contributed by atoms with van der Waals surface area (Å²) >= 11 is 0. The molecule has 90 valence electrons. The summed E-state index contributed by atoms with van der Waals surface area (Å²) in [7, 11) is 0. The normalized spacial score (nSPS) is 12.0. The highest BCUT2D eigenvalue weighted by Crippen LogP contribution is 2.31. The Morgan fingerprint density at radius 3 is 2.53 bits per heavy atom. The molecule has 17 heavy (non-hydrogen) atoms. The largest absolute Gasteiger partial charge is 0.398 e. The van der Waals surface area contributed by atoms with Crippen molar-refractivity contribution in [2.75, 3.05) is 5.73 Å². The number of pyridine rings is 1. The molecule has 0 saturated heterocycles. The van der Waals surface area contributed by atoms with Gasteiger partial charge in [-0.05, 0) is 23.5 Å². The lowest BCUT2D eigenvalue weighted by molar-refractivity contribution is 0.594. The first-order valence-electron chi connectivity index (χ1n) is 6.12. The molecule has 2 heteroatoms. The maximum atomic E-state index is 6.10. The van der Waals surface area contributed by atoms with Crippen molar-refractivity contribution in [1.82, 2.24) is 4.98 Å². The maximum Gasteiger partial charge on any atom is 0.0763 e. The van der Waals surface area contributed by atoms with Crippen molar-refractivity contribution in [3.05, 3.63) is 35.5 Å². The third-order valence-corrected chi connectivity index (χ3v) is 3.09. The summed E-state index contributed by atoms with van der Waals surface area (Å²) in [6.45, 7) is 8.72. The fraction of sp³-hybridized carbons (Fsp3) is 0.400. The molecule has 2 nitrogen and oxygen atoms in total. The van der Waals surface area contributed by atoms with Gasteiger partial charge in [0.2, 0.25) is 0 Å². The number of para-hydroxylation sites is 1. The second-order valence-electron chi connectivity index (χ2n) is 5.51. The molecule has 0 saturated carbocycles. The van der Waals surface area contributed by atoms with Gasteiger partial charge >= 0.3 is 0 Å². The van der Waals surface area contributed by atoms with E-state index in [0.717, 1.165) is 28.7 Å². The summed E-state index contributed by atoms with van der Waals surface area (Å²) in [6.07, 6.45) is 0.915. The number of aryl methyl sites for hydroxylation is 1. The summed E-state index contributed by atoms with van der Waals surface area (Å²) in [5.74, 6) is 0. The van der Waals surface area contributed by atoms with Crippen LogP contribution in [0.25, 0.3) is 10.9 Å². The predicted octanol–water partition coefficient (Wildman–Crippen LogP) is 3.68. The van der Waals surface area contributed by atoms with Gasteiger partial charge in [0.1, 0.15) is 0 Å². The zero-order chi connectivity index (χ0) is 12.6. The van der Waals surface area contributed by atoms with Crippen molar-refractivity contribution < 1.29 is 0 Å². The number of anilines is 1. The molecular formula is C15H20N2. The zero-order valence-corrected chi connectivity index (χ0v) is 11.0. The standard InChI is InChI=1S/C15H20N2/c1-5-10-9-13(16)11-7-6-8-12(14(11)17-10)15(2,3)4/h6-9H,5H2,1-4H3,(H2,16,17). The Bertz CT molecular complexity index is 551. The van der Waals surface area contributed by atoms with Crippen LogP contribution >= 0.6 is 0 Å². The van der Waals surface area contributed by atoms with Crippen molar-refractivity contribution in [3.63, 3.8) is 0 Å². The quantitative estimate of drug-likeness (QED) is 0.808. The SMILES string of the molecule is CCc1cc(N)c2cccc(C(C)(C)C)c2n1. The summed E-state index contributed by atoms with van der Waals surface area (Å²) in [4.78, 5) is 4.74. The Morgan fingerprint density at radius 1 is 1.24 bits per heavy atom. The Morgan fingerprint density at radius 2 is 1.94 bits per heavy atom. The Balaban J connectivity index is 2.83. The fourth-order valence-electron chi connectivity index (χ4n) is 2.12. The van der Waals surface area contributed by atoms with Gasteiger partial charge in [0.15, 0.2) is 0 Å². The Labute approximate surface area is 103 Å². The number of fused-ring (bicyclic) bond motifs is 1. The number of nitrogens with zero attached hydrogens (tertiary/aromatic N) is 1. The minimum Gasteiger partial charge on any atom is -0.398 e. The molecule has 0 atom stereocenters. The van der Waals surface area contributed by atoms with E-state index in [-0.39, 0.29) is 5.41 Å². The van der Waals surface area contributed by atoms with Gasteiger partial charge in [-0.1, -0.05) is 45.9 Å². The van der Waals surface area contributed by atoms with Gasteiger partial charge in [0, 0.05) is 16.8 Å². The molecule has 1 aromatic heterocycles. The van der Waals surface area contributed by atoms with Crippen LogP contribution in [0, 0.1) is 0 Å². The summed E-state index contributed by atoms with van der Waals surface area (Å²) in [5, 5.41) is 1.06. The van der Waals surface area contributed by atoms with Crippen molar-refractivity contribution in [1.29, 1.82) is 0 Å². The molecule has 1 aromatic carbocycles. The molecule has 0 aliphatic rings. The van der Waals surface area contributed by atoms with Crippen molar-refractivity contribution >= 4 is 16.6 Å². The summed E-state index contributed by atoms with van der Waals surface area (Å²) < 4.78 is 0. The van der Waals surface area contributed by atoms with E-state index in [1.54, 1.807) is 0 Å². The van der Waals surface area contributed by atoms with Gasteiger partial charge in [0.05, 0.1) is 5.52 Å². The number of benzene rings is 1. The van der Waals surface area contributed by atoms with Crippen LogP contribution in [0.2, 0.25) is 0 Å². The molecule has 0 aliphatic carbocycles. The first-order valence-corrected chi connectivity index (χ1v) is 6.12. The topological polar surface area (TPSA) is 38.9 Å². The maximum absolute atomic E-state index is 6.10. The van der Waals surface area contributed by atoms with E-state index < -0.39 is 0 Å². The number of nitrogens with two attached hydrogens (primary N) is 1. The number of rotatable bonds is 1. The first kappa shape index (κ1) is 11.9.